The third-order valence-electron chi connectivity index (χ3n) is 7.79. The summed E-state index contributed by atoms with van der Waals surface area (Å²) in [6, 6.07) is 9.33. The number of benzene rings is 2. The molecule has 2 aliphatic rings. The largest absolute Gasteiger partial charge is 0.493 e. The van der Waals surface area contributed by atoms with Crippen molar-refractivity contribution >= 4 is 23.3 Å². The zero-order valence-corrected chi connectivity index (χ0v) is 22.2. The lowest BCUT2D eigenvalue weighted by molar-refractivity contribution is -0.137. The number of ether oxygens (including phenoxy) is 2. The van der Waals surface area contributed by atoms with Crippen LogP contribution in [0, 0.1) is 0 Å². The number of alkyl halides is 3. The number of hydrogen-bond acceptors (Lipinski definition) is 4. The SMILES string of the molecule is COc1ccc([C@@]23CC[C@H](NC(=O)Nc4ccc(Cl)c(C(F)(F)F)c4)C[C@H]2N(C(C)C)CC3)cc1OC. The van der Waals surface area contributed by atoms with Crippen molar-refractivity contribution in [2.75, 3.05) is 26.1 Å². The lowest BCUT2D eigenvalue weighted by Gasteiger charge is -2.46. The predicted octanol–water partition coefficient (Wildman–Crippen LogP) is 6.47. The Morgan fingerprint density at radius 2 is 1.84 bits per heavy atom. The van der Waals surface area contributed by atoms with Gasteiger partial charge in [0.15, 0.2) is 11.5 Å². The van der Waals surface area contributed by atoms with E-state index in [0.29, 0.717) is 17.5 Å². The van der Waals surface area contributed by atoms with Crippen molar-refractivity contribution < 1.29 is 27.4 Å². The number of halogens is 4. The van der Waals surface area contributed by atoms with Crippen molar-refractivity contribution in [3.05, 3.63) is 52.5 Å². The Balaban J connectivity index is 1.52. The fourth-order valence-corrected chi connectivity index (χ4v) is 6.21. The molecule has 1 heterocycles. The zero-order valence-electron chi connectivity index (χ0n) is 21.4. The maximum atomic E-state index is 13.2. The van der Waals surface area contributed by atoms with Crippen LogP contribution in [0.4, 0.5) is 23.7 Å². The van der Waals surface area contributed by atoms with Gasteiger partial charge in [-0.2, -0.15) is 13.2 Å². The molecule has 0 aromatic heterocycles. The minimum atomic E-state index is -4.61. The zero-order chi connectivity index (χ0) is 27.0. The predicted molar refractivity (Wildman–Crippen MR) is 138 cm³/mol. The van der Waals surface area contributed by atoms with Crippen molar-refractivity contribution in [2.24, 2.45) is 0 Å². The van der Waals surface area contributed by atoms with E-state index >= 15 is 0 Å². The van der Waals surface area contributed by atoms with E-state index in [1.807, 2.05) is 6.07 Å². The molecule has 1 aliphatic heterocycles. The number of amides is 2. The summed E-state index contributed by atoms with van der Waals surface area (Å²) in [7, 11) is 3.24. The van der Waals surface area contributed by atoms with E-state index in [-0.39, 0.29) is 23.2 Å². The number of carbonyl (C=O) groups excluding carboxylic acids is 1. The first kappa shape index (κ1) is 27.4. The highest BCUT2D eigenvalue weighted by molar-refractivity contribution is 6.31. The van der Waals surface area contributed by atoms with Gasteiger partial charge in [0.05, 0.1) is 24.8 Å². The lowest BCUT2D eigenvalue weighted by atomic mass is 9.65. The van der Waals surface area contributed by atoms with Crippen LogP contribution >= 0.6 is 11.6 Å². The molecular formula is C27H33ClF3N3O3. The van der Waals surface area contributed by atoms with Crippen molar-refractivity contribution in [3.63, 3.8) is 0 Å². The minimum absolute atomic E-state index is 0.0365. The highest BCUT2D eigenvalue weighted by atomic mass is 35.5. The molecule has 6 nitrogen and oxygen atoms in total. The van der Waals surface area contributed by atoms with Gasteiger partial charge >= 0.3 is 12.2 Å². The first-order valence-electron chi connectivity index (χ1n) is 12.4. The summed E-state index contributed by atoms with van der Waals surface area (Å²) in [5.41, 5.74) is 0.162. The van der Waals surface area contributed by atoms with Gasteiger partial charge in [-0.3, -0.25) is 4.90 Å². The molecule has 2 aromatic carbocycles. The van der Waals surface area contributed by atoms with Gasteiger partial charge in [0, 0.05) is 29.2 Å². The molecular weight excluding hydrogens is 507 g/mol. The van der Waals surface area contributed by atoms with Crippen molar-refractivity contribution in [2.45, 2.75) is 69.2 Å². The molecule has 3 atom stereocenters. The minimum Gasteiger partial charge on any atom is -0.493 e. The van der Waals surface area contributed by atoms with Gasteiger partial charge in [0.25, 0.3) is 0 Å². The first-order valence-corrected chi connectivity index (χ1v) is 12.8. The van der Waals surface area contributed by atoms with Gasteiger partial charge in [-0.15, -0.1) is 0 Å². The second kappa shape index (κ2) is 10.6. The molecule has 10 heteroatoms. The Morgan fingerprint density at radius 1 is 1.11 bits per heavy atom. The quantitative estimate of drug-likeness (QED) is 0.441. The molecule has 2 N–H and O–H groups in total. The van der Waals surface area contributed by atoms with Crippen molar-refractivity contribution in [1.29, 1.82) is 0 Å². The number of carbonyl (C=O) groups is 1. The van der Waals surface area contributed by atoms with Crippen LogP contribution in [0.2, 0.25) is 5.02 Å². The molecule has 2 aromatic rings. The molecule has 1 saturated carbocycles. The van der Waals surface area contributed by atoms with Crippen LogP contribution in [-0.4, -0.2) is 49.8 Å². The molecule has 37 heavy (non-hydrogen) atoms. The van der Waals surface area contributed by atoms with Crippen LogP contribution in [-0.2, 0) is 11.6 Å². The average molecular weight is 540 g/mol. The average Bonchev–Trinajstić information content (AvgIpc) is 3.24. The van der Waals surface area contributed by atoms with Crippen molar-refractivity contribution in [1.82, 2.24) is 10.2 Å². The number of fused-ring (bicyclic) bond motifs is 1. The summed E-state index contributed by atoms with van der Waals surface area (Å²) in [4.78, 5) is 15.2. The molecule has 0 unspecified atom stereocenters. The summed E-state index contributed by atoms with van der Waals surface area (Å²) >= 11 is 5.70. The monoisotopic (exact) mass is 539 g/mol. The fraction of sp³-hybridized carbons (Fsp3) is 0.519. The van der Waals surface area contributed by atoms with Crippen molar-refractivity contribution in [3.8, 4) is 11.5 Å². The molecule has 1 aliphatic carbocycles. The standard InChI is InChI=1S/C27H33ClF3N3O3/c1-16(2)34-12-11-26(17-5-8-22(36-3)23(13-17)37-4)10-9-19(15-24(26)34)33-25(35)32-18-6-7-21(28)20(14-18)27(29,30)31/h5-8,13-14,16,19,24H,9-12,15H2,1-4H3,(H2,32,33,35)/t19-,24+,26-/m0/s1. The smallest absolute Gasteiger partial charge is 0.417 e. The Labute approximate surface area is 220 Å². The number of nitrogens with zero attached hydrogens (tertiary/aromatic N) is 1. The van der Waals surface area contributed by atoms with E-state index in [9.17, 15) is 18.0 Å². The van der Waals surface area contributed by atoms with Crippen LogP contribution in [0.15, 0.2) is 36.4 Å². The maximum Gasteiger partial charge on any atom is 0.417 e. The van der Waals surface area contributed by atoms with Crippen LogP contribution in [0.5, 0.6) is 11.5 Å². The lowest BCUT2D eigenvalue weighted by Crippen LogP contribution is -2.54. The molecule has 202 valence electrons. The van der Waals surface area contributed by atoms with E-state index in [1.54, 1.807) is 14.2 Å². The summed E-state index contributed by atoms with van der Waals surface area (Å²) < 4.78 is 50.6. The summed E-state index contributed by atoms with van der Waals surface area (Å²) in [6.07, 6.45) is -1.27. The Morgan fingerprint density at radius 3 is 2.49 bits per heavy atom. The number of rotatable bonds is 6. The number of urea groups is 1. The maximum absolute atomic E-state index is 13.2. The topological polar surface area (TPSA) is 62.8 Å². The Bertz CT molecular complexity index is 1140. The summed E-state index contributed by atoms with van der Waals surface area (Å²) in [6.45, 7) is 5.29. The third-order valence-corrected chi connectivity index (χ3v) is 8.12. The highest BCUT2D eigenvalue weighted by Gasteiger charge is 2.52. The molecule has 1 saturated heterocycles. The summed E-state index contributed by atoms with van der Waals surface area (Å²) in [5, 5.41) is 5.11. The van der Waals surface area contributed by atoms with Gasteiger partial charge in [-0.05, 0) is 82.0 Å². The number of anilines is 1. The van der Waals surface area contributed by atoms with Crippen LogP contribution in [0.25, 0.3) is 0 Å². The molecule has 0 spiro atoms. The van der Waals surface area contributed by atoms with Gasteiger partial charge < -0.3 is 20.1 Å². The van der Waals surface area contributed by atoms with E-state index in [4.69, 9.17) is 21.1 Å². The molecule has 0 radical (unpaired) electrons. The molecule has 0 bridgehead atoms. The third kappa shape index (κ3) is 5.48. The molecule has 2 amide bonds. The van der Waals surface area contributed by atoms with Crippen LogP contribution in [0.1, 0.15) is 50.7 Å². The molecule has 2 fully saturated rings. The molecule has 4 rings (SSSR count). The highest BCUT2D eigenvalue weighted by Crippen LogP contribution is 2.51. The normalized spacial score (nSPS) is 24.0. The fourth-order valence-electron chi connectivity index (χ4n) is 5.99. The van der Waals surface area contributed by atoms with E-state index in [2.05, 4.69) is 41.5 Å². The Hall–Kier alpha value is -2.65. The second-order valence-electron chi connectivity index (χ2n) is 10.1. The number of nitrogens with one attached hydrogen (secondary N) is 2. The van der Waals surface area contributed by atoms with Gasteiger partial charge in [-0.1, -0.05) is 17.7 Å². The second-order valence-corrected chi connectivity index (χ2v) is 10.5. The van der Waals surface area contributed by atoms with E-state index < -0.39 is 22.8 Å². The summed E-state index contributed by atoms with van der Waals surface area (Å²) in [5.74, 6) is 1.37. The van der Waals surface area contributed by atoms with Gasteiger partial charge in [-0.25, -0.2) is 4.79 Å². The number of hydrogen-bond donors (Lipinski definition) is 2. The number of likely N-dealkylation sites (tertiary alicyclic amines) is 1. The van der Waals surface area contributed by atoms with Gasteiger partial charge in [0.1, 0.15) is 0 Å². The first-order chi connectivity index (χ1) is 17.5. The van der Waals surface area contributed by atoms with Gasteiger partial charge in [0.2, 0.25) is 0 Å². The number of methoxy groups -OCH3 is 2. The van der Waals surface area contributed by atoms with E-state index in [1.165, 1.54) is 11.6 Å². The Kier molecular flexibility index (Phi) is 7.85. The van der Waals surface area contributed by atoms with E-state index in [0.717, 1.165) is 44.4 Å². The van der Waals surface area contributed by atoms with Crippen LogP contribution < -0.4 is 20.1 Å². The van der Waals surface area contributed by atoms with Crippen LogP contribution in [0.3, 0.4) is 0 Å².